The molecule has 0 unspecified atom stereocenters. The SMILES string of the molecule is C[C@@H](Oc1ccc(Cl)cc1Cl)C(=O)N1CCN(c2c(F)c(F)c(F)c(F)c2F)CC1. The fourth-order valence-corrected chi connectivity index (χ4v) is 3.54. The zero-order chi connectivity index (χ0) is 22.2. The molecule has 0 spiro atoms. The van der Waals surface area contributed by atoms with Gasteiger partial charge in [-0.1, -0.05) is 23.2 Å². The smallest absolute Gasteiger partial charge is 0.263 e. The summed E-state index contributed by atoms with van der Waals surface area (Å²) in [7, 11) is 0. The molecule has 1 heterocycles. The van der Waals surface area contributed by atoms with E-state index in [9.17, 15) is 26.7 Å². The van der Waals surface area contributed by atoms with E-state index in [4.69, 9.17) is 27.9 Å². The largest absolute Gasteiger partial charge is 0.479 e. The quantitative estimate of drug-likeness (QED) is 0.367. The Morgan fingerprint density at radius 1 is 0.933 bits per heavy atom. The second-order valence-corrected chi connectivity index (χ2v) is 7.41. The standard InChI is InChI=1S/C19H15Cl2F5N2O2/c1-9(30-12-3-2-10(20)8-11(12)21)19(29)28-6-4-27(5-7-28)18-16(25)14(23)13(22)15(24)17(18)26/h2-3,8-9H,4-7H2,1H3/t9-/m1/s1. The minimum atomic E-state index is -2.21. The Morgan fingerprint density at radius 2 is 1.47 bits per heavy atom. The molecule has 0 bridgehead atoms. The highest BCUT2D eigenvalue weighted by Crippen LogP contribution is 2.31. The van der Waals surface area contributed by atoms with E-state index in [1.807, 2.05) is 0 Å². The van der Waals surface area contributed by atoms with Gasteiger partial charge in [-0.3, -0.25) is 4.79 Å². The van der Waals surface area contributed by atoms with Crippen LogP contribution in [-0.4, -0.2) is 43.1 Å². The fraction of sp³-hybridized carbons (Fsp3) is 0.316. The molecule has 11 heteroatoms. The molecule has 1 amide bonds. The molecule has 4 nitrogen and oxygen atoms in total. The van der Waals surface area contributed by atoms with E-state index >= 15 is 0 Å². The zero-order valence-corrected chi connectivity index (χ0v) is 17.0. The molecular formula is C19H15Cl2F5N2O2. The van der Waals surface area contributed by atoms with Crippen LogP contribution >= 0.6 is 23.2 Å². The van der Waals surface area contributed by atoms with E-state index in [0.29, 0.717) is 5.02 Å². The Bertz CT molecular complexity index is 955. The average Bonchev–Trinajstić information content (AvgIpc) is 2.73. The van der Waals surface area contributed by atoms with E-state index in [-0.39, 0.29) is 37.0 Å². The van der Waals surface area contributed by atoms with Gasteiger partial charge in [0.2, 0.25) is 5.82 Å². The van der Waals surface area contributed by atoms with Crippen molar-refractivity contribution in [3.8, 4) is 5.75 Å². The lowest BCUT2D eigenvalue weighted by atomic mass is 10.2. The Balaban J connectivity index is 1.68. The second kappa shape index (κ2) is 8.85. The van der Waals surface area contributed by atoms with Crippen molar-refractivity contribution in [2.45, 2.75) is 13.0 Å². The number of amides is 1. The number of ether oxygens (including phenoxy) is 1. The van der Waals surface area contributed by atoms with Gasteiger partial charge >= 0.3 is 0 Å². The van der Waals surface area contributed by atoms with Gasteiger partial charge in [0.15, 0.2) is 29.4 Å². The van der Waals surface area contributed by atoms with Crippen molar-refractivity contribution in [2.24, 2.45) is 0 Å². The third-order valence-electron chi connectivity index (χ3n) is 4.64. The van der Waals surface area contributed by atoms with Gasteiger partial charge in [0.05, 0.1) is 5.02 Å². The maximum atomic E-state index is 14.0. The zero-order valence-electron chi connectivity index (χ0n) is 15.5. The number of carbonyl (C=O) groups is 1. The summed E-state index contributed by atoms with van der Waals surface area (Å²) >= 11 is 11.8. The third-order valence-corrected chi connectivity index (χ3v) is 5.17. The van der Waals surface area contributed by atoms with Gasteiger partial charge in [-0.25, -0.2) is 22.0 Å². The maximum Gasteiger partial charge on any atom is 0.263 e. The molecular weight excluding hydrogens is 454 g/mol. The van der Waals surface area contributed by atoms with Crippen molar-refractivity contribution in [3.63, 3.8) is 0 Å². The monoisotopic (exact) mass is 468 g/mol. The summed E-state index contributed by atoms with van der Waals surface area (Å²) in [5.74, 6) is -10.2. The van der Waals surface area contributed by atoms with Crippen LogP contribution in [-0.2, 0) is 4.79 Å². The first kappa shape index (κ1) is 22.4. The van der Waals surface area contributed by atoms with E-state index in [1.54, 1.807) is 6.07 Å². The molecule has 1 fully saturated rings. The van der Waals surface area contributed by atoms with E-state index in [0.717, 1.165) is 4.90 Å². The van der Waals surface area contributed by atoms with Crippen LogP contribution in [0.25, 0.3) is 0 Å². The van der Waals surface area contributed by atoms with Crippen LogP contribution in [0.15, 0.2) is 18.2 Å². The van der Waals surface area contributed by atoms with Crippen LogP contribution in [0.4, 0.5) is 27.6 Å². The molecule has 2 aromatic rings. The number of benzene rings is 2. The number of rotatable bonds is 4. The van der Waals surface area contributed by atoms with E-state index < -0.39 is 46.8 Å². The Labute approximate surface area is 178 Å². The molecule has 1 aliphatic rings. The van der Waals surface area contributed by atoms with E-state index in [2.05, 4.69) is 0 Å². The molecule has 0 aliphatic carbocycles. The first-order chi connectivity index (χ1) is 14.1. The summed E-state index contributed by atoms with van der Waals surface area (Å²) in [5.41, 5.74) is -1.00. The van der Waals surface area contributed by atoms with Crippen LogP contribution in [0.2, 0.25) is 10.0 Å². The van der Waals surface area contributed by atoms with Crippen molar-refractivity contribution in [1.29, 1.82) is 0 Å². The molecule has 0 N–H and O–H groups in total. The van der Waals surface area contributed by atoms with Gasteiger partial charge in [-0.15, -0.1) is 0 Å². The molecule has 162 valence electrons. The minimum Gasteiger partial charge on any atom is -0.479 e. The molecule has 30 heavy (non-hydrogen) atoms. The Hall–Kier alpha value is -2.26. The average molecular weight is 469 g/mol. The van der Waals surface area contributed by atoms with Crippen LogP contribution in [0.5, 0.6) is 5.75 Å². The van der Waals surface area contributed by atoms with Gasteiger partial charge in [-0.2, -0.15) is 0 Å². The van der Waals surface area contributed by atoms with Gasteiger partial charge in [0, 0.05) is 31.2 Å². The number of hydrogen-bond donors (Lipinski definition) is 0. The summed E-state index contributed by atoms with van der Waals surface area (Å²) in [6.45, 7) is 1.25. The maximum absolute atomic E-state index is 14.0. The van der Waals surface area contributed by atoms with Crippen molar-refractivity contribution in [2.75, 3.05) is 31.1 Å². The fourth-order valence-electron chi connectivity index (χ4n) is 3.09. The number of hydrogen-bond acceptors (Lipinski definition) is 3. The summed E-state index contributed by atoms with van der Waals surface area (Å²) in [4.78, 5) is 15.0. The minimum absolute atomic E-state index is 0.000375. The normalized spacial score (nSPS) is 15.3. The predicted octanol–water partition coefficient (Wildman–Crippen LogP) is 4.81. The Kier molecular flexibility index (Phi) is 6.62. The van der Waals surface area contributed by atoms with Crippen LogP contribution in [0.3, 0.4) is 0 Å². The molecule has 0 aromatic heterocycles. The van der Waals surface area contributed by atoms with Crippen molar-refractivity contribution >= 4 is 34.8 Å². The van der Waals surface area contributed by atoms with Gasteiger partial charge in [0.1, 0.15) is 11.4 Å². The molecule has 1 atom stereocenters. The lowest BCUT2D eigenvalue weighted by molar-refractivity contribution is -0.138. The first-order valence-corrected chi connectivity index (χ1v) is 9.54. The Morgan fingerprint density at radius 3 is 2.00 bits per heavy atom. The van der Waals surface area contributed by atoms with Crippen LogP contribution < -0.4 is 9.64 Å². The molecule has 0 radical (unpaired) electrons. The molecule has 0 saturated carbocycles. The topological polar surface area (TPSA) is 32.8 Å². The van der Waals surface area contributed by atoms with Crippen molar-refractivity contribution in [3.05, 3.63) is 57.3 Å². The van der Waals surface area contributed by atoms with Crippen LogP contribution in [0, 0.1) is 29.1 Å². The van der Waals surface area contributed by atoms with Gasteiger partial charge in [0.25, 0.3) is 5.91 Å². The molecule has 3 rings (SSSR count). The highest BCUT2D eigenvalue weighted by atomic mass is 35.5. The highest BCUT2D eigenvalue weighted by molar-refractivity contribution is 6.35. The third kappa shape index (κ3) is 4.27. The first-order valence-electron chi connectivity index (χ1n) is 8.78. The summed E-state index contributed by atoms with van der Waals surface area (Å²) in [6.07, 6.45) is -0.926. The number of halogens is 7. The molecule has 1 aliphatic heterocycles. The lowest BCUT2D eigenvalue weighted by Crippen LogP contribution is -2.52. The number of anilines is 1. The number of carbonyl (C=O) groups excluding carboxylic acids is 1. The van der Waals surface area contributed by atoms with Crippen molar-refractivity contribution < 1.29 is 31.5 Å². The number of piperazine rings is 1. The van der Waals surface area contributed by atoms with Gasteiger partial charge in [-0.05, 0) is 25.1 Å². The summed E-state index contributed by atoms with van der Waals surface area (Å²) in [6, 6.07) is 4.51. The highest BCUT2D eigenvalue weighted by Gasteiger charge is 2.32. The number of nitrogens with zero attached hydrogens (tertiary/aromatic N) is 2. The summed E-state index contributed by atoms with van der Waals surface area (Å²) < 4.78 is 73.7. The predicted molar refractivity (Wildman–Crippen MR) is 102 cm³/mol. The van der Waals surface area contributed by atoms with Crippen molar-refractivity contribution in [1.82, 2.24) is 4.90 Å². The summed E-state index contributed by atoms with van der Waals surface area (Å²) in [5, 5.41) is 0.619. The van der Waals surface area contributed by atoms with E-state index in [1.165, 1.54) is 24.0 Å². The molecule has 2 aromatic carbocycles. The van der Waals surface area contributed by atoms with Crippen LogP contribution in [0.1, 0.15) is 6.92 Å². The van der Waals surface area contributed by atoms with Gasteiger partial charge < -0.3 is 14.5 Å². The molecule has 1 saturated heterocycles. The lowest BCUT2D eigenvalue weighted by Gasteiger charge is -2.37. The second-order valence-electron chi connectivity index (χ2n) is 6.57.